The average molecular weight is 162 g/mol. The third-order valence-electron chi connectivity index (χ3n) is 0.0589. The predicted molar refractivity (Wildman–Crippen MR) is 13.0 cm³/mol. The summed E-state index contributed by atoms with van der Waals surface area (Å²) in [5.74, 6) is 4.35. The van der Waals surface area contributed by atoms with Crippen LogP contribution in [0.25, 0.3) is 0 Å². The zero-order valence-electron chi connectivity index (χ0n) is 2.32. The zero-order valence-corrected chi connectivity index (χ0v) is 3.96. The number of hydrazine groups is 1. The second-order valence-electron chi connectivity index (χ2n) is 0.246. The first-order valence-corrected chi connectivity index (χ1v) is 0.743. The molecule has 0 aliphatic rings. The Morgan fingerprint density at radius 1 is 1.80 bits per heavy atom. The molecule has 0 aliphatic heterocycles. The summed E-state index contributed by atoms with van der Waals surface area (Å²) < 4.78 is 0. The normalized spacial score (nSPS) is 4.20. The van der Waals surface area contributed by atoms with Gasteiger partial charge in [0.1, 0.15) is 0 Å². The first-order valence-electron chi connectivity index (χ1n) is 0.743. The van der Waals surface area contributed by atoms with Crippen molar-refractivity contribution in [3.05, 3.63) is 0 Å². The summed E-state index contributed by atoms with van der Waals surface area (Å²) in [6.07, 6.45) is 1.21. The molecule has 0 saturated carbocycles. The van der Waals surface area contributed by atoms with E-state index in [1.54, 1.807) is 5.43 Å². The fourth-order valence-electron chi connectivity index (χ4n) is 0. The predicted octanol–water partition coefficient (Wildman–Crippen LogP) is -1.49. The van der Waals surface area contributed by atoms with Gasteiger partial charge in [0, 0.05) is 19.5 Å². The number of hydrogen-bond donors (Lipinski definition) is 2. The van der Waals surface area contributed by atoms with E-state index in [0.717, 1.165) is 0 Å². The van der Waals surface area contributed by atoms with Crippen molar-refractivity contribution in [2.75, 3.05) is 0 Å². The Bertz CT molecular complexity index is 23.6. The van der Waals surface area contributed by atoms with Crippen molar-refractivity contribution >= 4 is 6.41 Å². The summed E-state index contributed by atoms with van der Waals surface area (Å²) in [6.45, 7) is 0. The van der Waals surface area contributed by atoms with E-state index in [1.165, 1.54) is 6.41 Å². The van der Waals surface area contributed by atoms with Crippen LogP contribution in [-0.2, 0) is 24.3 Å². The number of nitrogens with one attached hydrogen (secondary N) is 1. The second kappa shape index (κ2) is 8.96. The van der Waals surface area contributed by atoms with Crippen molar-refractivity contribution in [3.8, 4) is 0 Å². The van der Waals surface area contributed by atoms with Crippen LogP contribution in [0.15, 0.2) is 0 Å². The van der Waals surface area contributed by atoms with Crippen LogP contribution in [-0.4, -0.2) is 6.41 Å². The molecule has 0 heterocycles. The first-order chi connectivity index (χ1) is 1.91. The maximum atomic E-state index is 8.81. The maximum Gasteiger partial charge on any atom is 0 e. The molecular weight excluding hydrogens is 159 g/mol. The van der Waals surface area contributed by atoms with E-state index in [-0.39, 0.29) is 19.5 Å². The molecular formula is CH3N2ORh-. The van der Waals surface area contributed by atoms with E-state index in [2.05, 4.69) is 5.84 Å². The van der Waals surface area contributed by atoms with Gasteiger partial charge in [-0.15, -0.1) is 0 Å². The minimum Gasteiger partial charge on any atom is -0.519 e. The van der Waals surface area contributed by atoms with Gasteiger partial charge in [0.2, 0.25) is 0 Å². The third-order valence-corrected chi connectivity index (χ3v) is 0.0589. The van der Waals surface area contributed by atoms with Crippen LogP contribution in [0, 0.1) is 0 Å². The molecule has 33 valence electrons. The molecule has 0 fully saturated rings. The molecule has 0 aromatic rings. The van der Waals surface area contributed by atoms with Gasteiger partial charge in [-0.25, -0.2) is 0 Å². The van der Waals surface area contributed by atoms with E-state index in [9.17, 15) is 0 Å². The van der Waals surface area contributed by atoms with Gasteiger partial charge in [0.15, 0.2) is 0 Å². The molecule has 0 saturated heterocycles. The van der Waals surface area contributed by atoms with Crippen LogP contribution in [0.3, 0.4) is 0 Å². The quantitative estimate of drug-likeness (QED) is 0.123. The standard InChI is InChI=1S/CH3N2O.Rh/c2-3-1-4;/h2H2,(H,3,4);/q-1;. The van der Waals surface area contributed by atoms with Gasteiger partial charge in [-0.05, 0) is 0 Å². The third kappa shape index (κ3) is 15.4. The number of carbonyl (C=O) groups excluding carboxylic acids is 1. The van der Waals surface area contributed by atoms with Crippen LogP contribution in [0.4, 0.5) is 0 Å². The summed E-state index contributed by atoms with van der Waals surface area (Å²) in [7, 11) is 0. The Morgan fingerprint density at radius 2 is 2.00 bits per heavy atom. The molecule has 0 aromatic carbocycles. The average Bonchev–Trinajstić information content (AvgIpc) is 1.37. The Morgan fingerprint density at radius 3 is 2.00 bits per heavy atom. The van der Waals surface area contributed by atoms with E-state index in [4.69, 9.17) is 4.79 Å². The van der Waals surface area contributed by atoms with Crippen LogP contribution in [0.1, 0.15) is 0 Å². The van der Waals surface area contributed by atoms with Crippen molar-refractivity contribution < 1.29 is 24.3 Å². The van der Waals surface area contributed by atoms with E-state index in [0.29, 0.717) is 0 Å². The fraction of sp³-hybridized carbons (Fsp3) is 0. The first kappa shape index (κ1) is 8.91. The zero-order chi connectivity index (χ0) is 3.41. The number of rotatable bonds is 1. The molecule has 0 spiro atoms. The van der Waals surface area contributed by atoms with Gasteiger partial charge in [0.25, 0.3) is 0 Å². The van der Waals surface area contributed by atoms with Gasteiger partial charge >= 0.3 is 0 Å². The fourth-order valence-corrected chi connectivity index (χ4v) is 0. The van der Waals surface area contributed by atoms with Crippen molar-refractivity contribution in [2.24, 2.45) is 5.84 Å². The number of nitrogens with two attached hydrogens (primary N) is 1. The minimum absolute atomic E-state index is 0. The van der Waals surface area contributed by atoms with Gasteiger partial charge in [-0.3, -0.25) is 5.84 Å². The molecule has 4 heteroatoms. The van der Waals surface area contributed by atoms with Gasteiger partial charge in [-0.2, -0.15) is 6.41 Å². The second-order valence-corrected chi connectivity index (χ2v) is 0.246. The van der Waals surface area contributed by atoms with Crippen LogP contribution < -0.4 is 11.3 Å². The summed E-state index contributed by atoms with van der Waals surface area (Å²) in [4.78, 5) is 8.81. The van der Waals surface area contributed by atoms with Gasteiger partial charge in [-0.1, -0.05) is 0 Å². The topological polar surface area (TPSA) is 55.1 Å². The molecule has 5 heavy (non-hydrogen) atoms. The SMILES string of the molecule is NN[C-]=O.[Rh]. The van der Waals surface area contributed by atoms with Crippen LogP contribution in [0.2, 0.25) is 0 Å². The van der Waals surface area contributed by atoms with E-state index >= 15 is 0 Å². The minimum atomic E-state index is 0. The summed E-state index contributed by atoms with van der Waals surface area (Å²) in [5.41, 5.74) is 1.62. The number of amides is 1. The Balaban J connectivity index is 0. The Kier molecular flexibility index (Phi) is 16.0. The van der Waals surface area contributed by atoms with Crippen molar-refractivity contribution in [1.29, 1.82) is 0 Å². The van der Waals surface area contributed by atoms with Crippen molar-refractivity contribution in [1.82, 2.24) is 5.43 Å². The molecule has 3 nitrogen and oxygen atoms in total. The van der Waals surface area contributed by atoms with Gasteiger partial charge < -0.3 is 10.2 Å². The smallest absolute Gasteiger partial charge is 0 e. The summed E-state index contributed by atoms with van der Waals surface area (Å²) >= 11 is 0. The molecule has 0 aromatic heterocycles. The summed E-state index contributed by atoms with van der Waals surface area (Å²) in [5, 5.41) is 0. The van der Waals surface area contributed by atoms with E-state index < -0.39 is 0 Å². The molecule has 1 amide bonds. The molecule has 0 bridgehead atoms. The van der Waals surface area contributed by atoms with E-state index in [1.807, 2.05) is 0 Å². The largest absolute Gasteiger partial charge is 0.519 e. The van der Waals surface area contributed by atoms with Crippen LogP contribution in [0.5, 0.6) is 0 Å². The Hall–Kier alpha value is 0.0534. The molecule has 0 aliphatic carbocycles. The monoisotopic (exact) mass is 162 g/mol. The van der Waals surface area contributed by atoms with Crippen LogP contribution >= 0.6 is 0 Å². The summed E-state index contributed by atoms with van der Waals surface area (Å²) in [6, 6.07) is 0. The van der Waals surface area contributed by atoms with Crippen molar-refractivity contribution in [2.45, 2.75) is 0 Å². The molecule has 0 atom stereocenters. The number of hydrogen-bond acceptors (Lipinski definition) is 2. The molecule has 0 unspecified atom stereocenters. The molecule has 0 rings (SSSR count). The van der Waals surface area contributed by atoms with Gasteiger partial charge in [0.05, 0.1) is 0 Å². The van der Waals surface area contributed by atoms with Crippen molar-refractivity contribution in [3.63, 3.8) is 0 Å². The molecule has 1 radical (unpaired) electrons. The molecule has 3 N–H and O–H groups in total. The maximum absolute atomic E-state index is 8.81. The Labute approximate surface area is 42.6 Å².